The van der Waals surface area contributed by atoms with Crippen LogP contribution in [0.1, 0.15) is 38.0 Å². The largest absolute Gasteiger partial charge is 0.394 e. The lowest BCUT2D eigenvalue weighted by atomic mass is 10.0. The van der Waals surface area contributed by atoms with Crippen LogP contribution in [0, 0.1) is 5.92 Å². The SMILES string of the molecule is CC(C)C[C@H](CO)Nc1nc(S[C@H](C)c2ccccc2)nc2nc(N)sc12. The summed E-state index contributed by atoms with van der Waals surface area (Å²) in [5.41, 5.74) is 7.71. The third-order valence-electron chi connectivity index (χ3n) is 4.12. The van der Waals surface area contributed by atoms with Crippen molar-refractivity contribution in [3.8, 4) is 0 Å². The topological polar surface area (TPSA) is 97.0 Å². The summed E-state index contributed by atoms with van der Waals surface area (Å²) in [6, 6.07) is 10.2. The fraction of sp³-hybridized carbons (Fsp3) is 0.421. The second-order valence-electron chi connectivity index (χ2n) is 6.88. The van der Waals surface area contributed by atoms with Crippen molar-refractivity contribution >= 4 is 44.4 Å². The fourth-order valence-electron chi connectivity index (χ4n) is 2.86. The summed E-state index contributed by atoms with van der Waals surface area (Å²) in [4.78, 5) is 13.6. The van der Waals surface area contributed by atoms with Gasteiger partial charge in [0.25, 0.3) is 0 Å². The quantitative estimate of drug-likeness (QED) is 0.380. The van der Waals surface area contributed by atoms with Gasteiger partial charge in [0.05, 0.1) is 12.6 Å². The summed E-state index contributed by atoms with van der Waals surface area (Å²) in [5, 5.41) is 14.4. The Morgan fingerprint density at radius 2 is 1.89 bits per heavy atom. The number of nitrogen functional groups attached to an aromatic ring is 1. The first-order chi connectivity index (χ1) is 13.0. The predicted molar refractivity (Wildman–Crippen MR) is 114 cm³/mol. The van der Waals surface area contributed by atoms with Crippen LogP contribution in [-0.4, -0.2) is 32.7 Å². The molecule has 0 amide bonds. The summed E-state index contributed by atoms with van der Waals surface area (Å²) < 4.78 is 0.825. The van der Waals surface area contributed by atoms with Gasteiger partial charge in [-0.2, -0.15) is 0 Å². The number of fused-ring (bicyclic) bond motifs is 1. The summed E-state index contributed by atoms with van der Waals surface area (Å²) in [7, 11) is 0. The Hall–Kier alpha value is -1.90. The van der Waals surface area contributed by atoms with Gasteiger partial charge in [-0.25, -0.2) is 15.0 Å². The van der Waals surface area contributed by atoms with Gasteiger partial charge < -0.3 is 16.2 Å². The molecular weight excluding hydrogens is 378 g/mol. The highest BCUT2D eigenvalue weighted by atomic mass is 32.2. The number of nitrogens with one attached hydrogen (secondary N) is 1. The lowest BCUT2D eigenvalue weighted by molar-refractivity contribution is 0.259. The monoisotopic (exact) mass is 403 g/mol. The molecule has 0 aliphatic heterocycles. The van der Waals surface area contributed by atoms with E-state index in [-0.39, 0.29) is 17.9 Å². The number of anilines is 2. The Labute approximate surface area is 167 Å². The Balaban J connectivity index is 1.90. The van der Waals surface area contributed by atoms with Crippen molar-refractivity contribution in [2.75, 3.05) is 17.7 Å². The molecule has 0 aliphatic rings. The Bertz CT molecular complexity index is 884. The average molecular weight is 404 g/mol. The van der Waals surface area contributed by atoms with E-state index in [0.29, 0.717) is 27.7 Å². The molecule has 3 rings (SSSR count). The maximum Gasteiger partial charge on any atom is 0.192 e. The minimum Gasteiger partial charge on any atom is -0.394 e. The van der Waals surface area contributed by atoms with E-state index in [1.807, 2.05) is 18.2 Å². The number of nitrogens with zero attached hydrogens (tertiary/aromatic N) is 3. The highest BCUT2D eigenvalue weighted by molar-refractivity contribution is 7.99. The van der Waals surface area contributed by atoms with E-state index >= 15 is 0 Å². The third kappa shape index (κ3) is 5.09. The van der Waals surface area contributed by atoms with Crippen LogP contribution in [-0.2, 0) is 0 Å². The number of nitrogens with two attached hydrogens (primary N) is 1. The van der Waals surface area contributed by atoms with Crippen molar-refractivity contribution in [3.05, 3.63) is 35.9 Å². The summed E-state index contributed by atoms with van der Waals surface area (Å²) in [5.74, 6) is 1.15. The van der Waals surface area contributed by atoms with Crippen molar-refractivity contribution in [3.63, 3.8) is 0 Å². The first-order valence-corrected chi connectivity index (χ1v) is 10.7. The molecule has 0 fully saturated rings. The second kappa shape index (κ2) is 8.86. The van der Waals surface area contributed by atoms with Gasteiger partial charge >= 0.3 is 0 Å². The third-order valence-corrected chi connectivity index (χ3v) is 6.02. The lowest BCUT2D eigenvalue weighted by Crippen LogP contribution is -2.26. The number of thioether (sulfide) groups is 1. The summed E-state index contributed by atoms with van der Waals surface area (Å²) in [6.45, 7) is 6.44. The number of thiazole rings is 1. The number of hydrogen-bond donors (Lipinski definition) is 3. The van der Waals surface area contributed by atoms with Crippen molar-refractivity contribution in [2.45, 2.75) is 43.6 Å². The number of benzene rings is 1. The van der Waals surface area contributed by atoms with Gasteiger partial charge in [-0.1, -0.05) is 67.3 Å². The minimum absolute atomic E-state index is 0.0425. The normalized spacial score (nSPS) is 13.8. The van der Waals surface area contributed by atoms with Crippen molar-refractivity contribution < 1.29 is 5.11 Å². The van der Waals surface area contributed by atoms with Crippen LogP contribution >= 0.6 is 23.1 Å². The standard InChI is InChI=1S/C19H25N5OS2/c1-11(2)9-14(10-25)21-16-15-17(22-18(20)27-15)24-19(23-16)26-12(3)13-7-5-4-6-8-13/h4-8,11-12,14,25H,9-10H2,1-3H3,(H3,20,21,22,23,24)/t12-,14-/m1/s1. The summed E-state index contributed by atoms with van der Waals surface area (Å²) in [6.07, 6.45) is 0.846. The molecule has 8 heteroatoms. The van der Waals surface area contributed by atoms with Gasteiger partial charge in [-0.3, -0.25) is 0 Å². The molecule has 4 N–H and O–H groups in total. The highest BCUT2D eigenvalue weighted by Crippen LogP contribution is 2.36. The van der Waals surface area contributed by atoms with Crippen molar-refractivity contribution in [1.29, 1.82) is 0 Å². The fourth-order valence-corrected chi connectivity index (χ4v) is 4.48. The van der Waals surface area contributed by atoms with E-state index in [0.717, 1.165) is 11.1 Å². The van der Waals surface area contributed by atoms with E-state index in [1.165, 1.54) is 16.9 Å². The van der Waals surface area contributed by atoms with Crippen LogP contribution < -0.4 is 11.1 Å². The van der Waals surface area contributed by atoms with Gasteiger partial charge in [0.1, 0.15) is 4.70 Å². The van der Waals surface area contributed by atoms with Gasteiger partial charge in [-0.05, 0) is 24.8 Å². The Kier molecular flexibility index (Phi) is 6.51. The van der Waals surface area contributed by atoms with E-state index in [9.17, 15) is 5.11 Å². The van der Waals surface area contributed by atoms with Crippen LogP contribution in [0.3, 0.4) is 0 Å². The van der Waals surface area contributed by atoms with E-state index in [1.54, 1.807) is 11.8 Å². The van der Waals surface area contributed by atoms with Gasteiger partial charge in [0, 0.05) is 5.25 Å². The van der Waals surface area contributed by atoms with E-state index in [4.69, 9.17) is 10.7 Å². The minimum atomic E-state index is -0.0733. The molecular formula is C19H25N5OS2. The van der Waals surface area contributed by atoms with Crippen LogP contribution in [0.5, 0.6) is 0 Å². The van der Waals surface area contributed by atoms with Crippen molar-refractivity contribution in [2.24, 2.45) is 5.92 Å². The van der Waals surface area contributed by atoms with Crippen LogP contribution in [0.4, 0.5) is 10.9 Å². The maximum absolute atomic E-state index is 9.73. The van der Waals surface area contributed by atoms with Gasteiger partial charge in [-0.15, -0.1) is 0 Å². The molecule has 0 unspecified atom stereocenters. The average Bonchev–Trinajstić information content (AvgIpc) is 3.02. The Morgan fingerprint density at radius 1 is 1.15 bits per heavy atom. The number of aromatic nitrogens is 3. The molecule has 144 valence electrons. The van der Waals surface area contributed by atoms with Gasteiger partial charge in [0.15, 0.2) is 21.8 Å². The molecule has 0 spiro atoms. The second-order valence-corrected chi connectivity index (χ2v) is 9.22. The lowest BCUT2D eigenvalue weighted by Gasteiger charge is -2.19. The predicted octanol–water partition coefficient (Wildman–Crippen LogP) is 4.34. The molecule has 0 aliphatic carbocycles. The smallest absolute Gasteiger partial charge is 0.192 e. The van der Waals surface area contributed by atoms with E-state index < -0.39 is 0 Å². The summed E-state index contributed by atoms with van der Waals surface area (Å²) >= 11 is 2.94. The van der Waals surface area contributed by atoms with Crippen LogP contribution in [0.15, 0.2) is 35.5 Å². The maximum atomic E-state index is 9.73. The molecule has 2 heterocycles. The van der Waals surface area contributed by atoms with Crippen LogP contribution in [0.25, 0.3) is 10.3 Å². The Morgan fingerprint density at radius 3 is 2.56 bits per heavy atom. The molecule has 0 bridgehead atoms. The molecule has 6 nitrogen and oxygen atoms in total. The number of aliphatic hydroxyl groups excluding tert-OH is 1. The molecule has 0 saturated heterocycles. The number of hydrogen-bond acceptors (Lipinski definition) is 8. The molecule has 2 aromatic heterocycles. The zero-order valence-corrected chi connectivity index (χ0v) is 17.3. The number of aliphatic hydroxyl groups is 1. The molecule has 2 atom stereocenters. The molecule has 0 saturated carbocycles. The van der Waals surface area contributed by atoms with Gasteiger partial charge in [0.2, 0.25) is 0 Å². The molecule has 27 heavy (non-hydrogen) atoms. The molecule has 3 aromatic rings. The van der Waals surface area contributed by atoms with Crippen LogP contribution in [0.2, 0.25) is 0 Å². The van der Waals surface area contributed by atoms with Crippen molar-refractivity contribution in [1.82, 2.24) is 15.0 Å². The zero-order chi connectivity index (χ0) is 19.4. The number of rotatable bonds is 8. The molecule has 1 aromatic carbocycles. The van der Waals surface area contributed by atoms with E-state index in [2.05, 4.69) is 48.2 Å². The highest BCUT2D eigenvalue weighted by Gasteiger charge is 2.18. The first-order valence-electron chi connectivity index (χ1n) is 8.99. The first kappa shape index (κ1) is 19.9. The molecule has 0 radical (unpaired) electrons. The zero-order valence-electron chi connectivity index (χ0n) is 15.7.